The maximum absolute atomic E-state index is 12.8. The highest BCUT2D eigenvalue weighted by Crippen LogP contribution is 2.15. The van der Waals surface area contributed by atoms with Crippen molar-refractivity contribution >= 4 is 17.9 Å². The molecule has 0 saturated carbocycles. The van der Waals surface area contributed by atoms with E-state index in [1.807, 2.05) is 0 Å². The van der Waals surface area contributed by atoms with Crippen LogP contribution in [0.25, 0.3) is 0 Å². The average molecular weight is 857 g/mol. The predicted molar refractivity (Wildman–Crippen MR) is 261 cm³/mol. The summed E-state index contributed by atoms with van der Waals surface area (Å²) in [6.45, 7) is 6.61. The Hall–Kier alpha value is -2.37. The number of esters is 3. The van der Waals surface area contributed by atoms with Crippen molar-refractivity contribution in [2.24, 2.45) is 0 Å². The maximum Gasteiger partial charge on any atom is 0.306 e. The summed E-state index contributed by atoms with van der Waals surface area (Å²) in [6, 6.07) is 0. The molecular formula is C55H100O6. The zero-order valence-corrected chi connectivity index (χ0v) is 40.7. The molecule has 0 N–H and O–H groups in total. The van der Waals surface area contributed by atoms with Gasteiger partial charge in [0.2, 0.25) is 0 Å². The lowest BCUT2D eigenvalue weighted by molar-refractivity contribution is -0.167. The molecule has 0 saturated heterocycles. The lowest BCUT2D eigenvalue weighted by atomic mass is 10.1. The first-order chi connectivity index (χ1) is 30.0. The van der Waals surface area contributed by atoms with Gasteiger partial charge in [0.1, 0.15) is 13.2 Å². The van der Waals surface area contributed by atoms with Gasteiger partial charge >= 0.3 is 17.9 Å². The molecule has 0 amide bonds. The molecule has 0 spiro atoms. The molecule has 0 aliphatic rings. The lowest BCUT2D eigenvalue weighted by Crippen LogP contribution is -2.30. The van der Waals surface area contributed by atoms with Crippen LogP contribution in [0.5, 0.6) is 0 Å². The van der Waals surface area contributed by atoms with E-state index in [1.54, 1.807) is 0 Å². The summed E-state index contributed by atoms with van der Waals surface area (Å²) >= 11 is 0. The van der Waals surface area contributed by atoms with Crippen molar-refractivity contribution < 1.29 is 28.6 Å². The van der Waals surface area contributed by atoms with Crippen LogP contribution in [-0.2, 0) is 28.6 Å². The first-order valence-electron chi connectivity index (χ1n) is 26.5. The molecule has 61 heavy (non-hydrogen) atoms. The first-order valence-corrected chi connectivity index (χ1v) is 26.5. The molecule has 0 rings (SSSR count). The molecule has 356 valence electrons. The molecule has 0 bridgehead atoms. The van der Waals surface area contributed by atoms with E-state index in [1.165, 1.54) is 154 Å². The Labute approximate surface area is 378 Å². The molecule has 0 aromatic carbocycles. The molecule has 1 unspecified atom stereocenters. The summed E-state index contributed by atoms with van der Waals surface area (Å²) in [7, 11) is 0. The van der Waals surface area contributed by atoms with E-state index in [0.29, 0.717) is 19.3 Å². The number of allylic oxidation sites excluding steroid dienone is 6. The number of carbonyl (C=O) groups excluding carboxylic acids is 3. The van der Waals surface area contributed by atoms with Crippen molar-refractivity contribution in [2.75, 3.05) is 13.2 Å². The average Bonchev–Trinajstić information content (AvgIpc) is 3.26. The van der Waals surface area contributed by atoms with Crippen LogP contribution in [0.1, 0.15) is 278 Å². The highest BCUT2D eigenvalue weighted by Gasteiger charge is 2.19. The zero-order chi connectivity index (χ0) is 44.4. The predicted octanol–water partition coefficient (Wildman–Crippen LogP) is 17.3. The number of hydrogen-bond acceptors (Lipinski definition) is 6. The summed E-state index contributed by atoms with van der Waals surface area (Å²) in [4.78, 5) is 37.9. The number of rotatable bonds is 48. The van der Waals surface area contributed by atoms with E-state index >= 15 is 0 Å². The molecular weight excluding hydrogens is 757 g/mol. The molecule has 0 aromatic rings. The van der Waals surface area contributed by atoms with Gasteiger partial charge in [0.25, 0.3) is 0 Å². The van der Waals surface area contributed by atoms with E-state index in [9.17, 15) is 14.4 Å². The molecule has 0 radical (unpaired) electrons. The van der Waals surface area contributed by atoms with Gasteiger partial charge in [-0.2, -0.15) is 0 Å². The highest BCUT2D eigenvalue weighted by molar-refractivity contribution is 5.71. The van der Waals surface area contributed by atoms with Gasteiger partial charge in [-0.05, 0) is 70.6 Å². The fourth-order valence-corrected chi connectivity index (χ4v) is 7.60. The number of hydrogen-bond donors (Lipinski definition) is 0. The van der Waals surface area contributed by atoms with Gasteiger partial charge in [-0.1, -0.05) is 224 Å². The van der Waals surface area contributed by atoms with Gasteiger partial charge < -0.3 is 14.2 Å². The van der Waals surface area contributed by atoms with Gasteiger partial charge in [-0.25, -0.2) is 0 Å². The van der Waals surface area contributed by atoms with Crippen molar-refractivity contribution in [1.82, 2.24) is 0 Å². The summed E-state index contributed by atoms with van der Waals surface area (Å²) < 4.78 is 16.8. The van der Waals surface area contributed by atoms with Crippen molar-refractivity contribution in [3.63, 3.8) is 0 Å². The zero-order valence-electron chi connectivity index (χ0n) is 40.7. The van der Waals surface area contributed by atoms with Crippen LogP contribution in [0, 0.1) is 0 Å². The number of carbonyl (C=O) groups is 3. The Morgan fingerprint density at radius 3 is 0.934 bits per heavy atom. The Morgan fingerprint density at radius 2 is 0.590 bits per heavy atom. The number of unbranched alkanes of at least 4 members (excludes halogenated alkanes) is 32. The largest absolute Gasteiger partial charge is 0.462 e. The summed E-state index contributed by atoms with van der Waals surface area (Å²) in [6.07, 6.45) is 58.4. The topological polar surface area (TPSA) is 78.9 Å². The van der Waals surface area contributed by atoms with Crippen molar-refractivity contribution in [2.45, 2.75) is 284 Å². The molecule has 0 aliphatic heterocycles. The van der Waals surface area contributed by atoms with Gasteiger partial charge in [-0.3, -0.25) is 14.4 Å². The summed E-state index contributed by atoms with van der Waals surface area (Å²) in [5.74, 6) is -0.907. The van der Waals surface area contributed by atoms with E-state index in [-0.39, 0.29) is 31.1 Å². The molecule has 0 aromatic heterocycles. The van der Waals surface area contributed by atoms with Crippen LogP contribution in [0.3, 0.4) is 0 Å². The van der Waals surface area contributed by atoms with Crippen LogP contribution in [0.4, 0.5) is 0 Å². The standard InChI is InChI=1S/C55H100O6/c1-4-7-10-13-16-19-22-24-26-28-30-33-36-39-42-45-48-54(57)60-51-52(50-59-53(56)47-44-41-38-35-32-21-18-15-12-9-6-3)61-55(58)49-46-43-40-37-34-31-29-27-25-23-20-17-14-11-8-5-2/h26-30,33,52H,4-25,31-32,34-51H2,1-3H3/b28-26-,29-27-,33-30-. The Balaban J connectivity index is 4.39. The normalized spacial score (nSPS) is 12.2. The minimum Gasteiger partial charge on any atom is -0.462 e. The third kappa shape index (κ3) is 48.5. The smallest absolute Gasteiger partial charge is 0.306 e. The summed E-state index contributed by atoms with van der Waals surface area (Å²) in [5, 5.41) is 0. The minimum atomic E-state index is -0.783. The molecule has 6 nitrogen and oxygen atoms in total. The number of ether oxygens (including phenoxy) is 3. The lowest BCUT2D eigenvalue weighted by Gasteiger charge is -2.18. The Morgan fingerprint density at radius 1 is 0.328 bits per heavy atom. The summed E-state index contributed by atoms with van der Waals surface area (Å²) in [5.41, 5.74) is 0. The van der Waals surface area contributed by atoms with Gasteiger partial charge in [0, 0.05) is 19.3 Å². The van der Waals surface area contributed by atoms with Gasteiger partial charge in [0.05, 0.1) is 0 Å². The van der Waals surface area contributed by atoms with Crippen LogP contribution < -0.4 is 0 Å². The molecule has 1 atom stereocenters. The fourth-order valence-electron chi connectivity index (χ4n) is 7.60. The van der Waals surface area contributed by atoms with Crippen LogP contribution in [-0.4, -0.2) is 37.2 Å². The van der Waals surface area contributed by atoms with Crippen LogP contribution >= 0.6 is 0 Å². The molecule has 0 heterocycles. The quantitative estimate of drug-likeness (QED) is 0.0199. The van der Waals surface area contributed by atoms with Crippen LogP contribution in [0.2, 0.25) is 0 Å². The molecule has 0 fully saturated rings. The van der Waals surface area contributed by atoms with Crippen molar-refractivity contribution in [3.8, 4) is 0 Å². The van der Waals surface area contributed by atoms with Crippen LogP contribution in [0.15, 0.2) is 36.5 Å². The van der Waals surface area contributed by atoms with E-state index in [2.05, 4.69) is 57.2 Å². The third-order valence-electron chi connectivity index (χ3n) is 11.6. The fraction of sp³-hybridized carbons (Fsp3) is 0.836. The van der Waals surface area contributed by atoms with E-state index < -0.39 is 6.10 Å². The van der Waals surface area contributed by atoms with Crippen molar-refractivity contribution in [3.05, 3.63) is 36.5 Å². The molecule has 6 heteroatoms. The minimum absolute atomic E-state index is 0.0812. The SMILES string of the molecule is CCCCCCCCC/C=C\C=C/CCCCCC(=O)OCC(COC(=O)CCCCCCCCCCCCC)OC(=O)CCCCCCC/C=C\CCCCCCCCC. The third-order valence-corrected chi connectivity index (χ3v) is 11.6. The Bertz CT molecular complexity index is 1030. The van der Waals surface area contributed by atoms with Crippen molar-refractivity contribution in [1.29, 1.82) is 0 Å². The second-order valence-electron chi connectivity index (χ2n) is 17.8. The van der Waals surface area contributed by atoms with E-state index in [4.69, 9.17) is 14.2 Å². The second-order valence-corrected chi connectivity index (χ2v) is 17.8. The van der Waals surface area contributed by atoms with Gasteiger partial charge in [-0.15, -0.1) is 0 Å². The highest BCUT2D eigenvalue weighted by atomic mass is 16.6. The monoisotopic (exact) mass is 857 g/mol. The molecule has 0 aliphatic carbocycles. The van der Waals surface area contributed by atoms with Gasteiger partial charge in [0.15, 0.2) is 6.10 Å². The first kappa shape index (κ1) is 58.6. The maximum atomic E-state index is 12.8. The second kappa shape index (κ2) is 50.3. The van der Waals surface area contributed by atoms with E-state index in [0.717, 1.165) is 83.5 Å². The Kier molecular flexibility index (Phi) is 48.3.